The van der Waals surface area contributed by atoms with Crippen LogP contribution in [0.15, 0.2) is 30.9 Å². The Bertz CT molecular complexity index is 350. The molecule has 3 heteroatoms. The Labute approximate surface area is 95.2 Å². The van der Waals surface area contributed by atoms with Crippen LogP contribution in [-0.4, -0.2) is 6.04 Å². The van der Waals surface area contributed by atoms with Crippen molar-refractivity contribution >= 4 is 0 Å². The first-order valence-corrected chi connectivity index (χ1v) is 5.41. The number of nitrogens with one attached hydrogen (secondary N) is 1. The van der Waals surface area contributed by atoms with Crippen LogP contribution in [-0.2, 0) is 6.54 Å². The van der Waals surface area contributed by atoms with Gasteiger partial charge in [-0.2, -0.15) is 0 Å². The van der Waals surface area contributed by atoms with Gasteiger partial charge in [-0.15, -0.1) is 6.58 Å². The third-order valence-electron chi connectivity index (χ3n) is 2.45. The fourth-order valence-electron chi connectivity index (χ4n) is 1.43. The minimum absolute atomic E-state index is 0.265. The van der Waals surface area contributed by atoms with Gasteiger partial charge in [0.25, 0.3) is 0 Å². The first-order valence-electron chi connectivity index (χ1n) is 5.41. The lowest BCUT2D eigenvalue weighted by Crippen LogP contribution is -2.25. The molecule has 0 fully saturated rings. The fourth-order valence-corrected chi connectivity index (χ4v) is 1.43. The van der Waals surface area contributed by atoms with Crippen molar-refractivity contribution in [2.75, 3.05) is 0 Å². The van der Waals surface area contributed by atoms with Crippen LogP contribution in [0.2, 0.25) is 0 Å². The maximum absolute atomic E-state index is 13.2. The fraction of sp³-hybridized carbons (Fsp3) is 0.385. The van der Waals surface area contributed by atoms with Crippen LogP contribution < -0.4 is 5.32 Å². The van der Waals surface area contributed by atoms with Gasteiger partial charge in [0.1, 0.15) is 11.6 Å². The van der Waals surface area contributed by atoms with Gasteiger partial charge in [-0.05, 0) is 38.0 Å². The summed E-state index contributed by atoms with van der Waals surface area (Å²) < 4.78 is 26.1. The molecular formula is C13H17F2N. The van der Waals surface area contributed by atoms with Crippen LogP contribution in [0.5, 0.6) is 0 Å². The van der Waals surface area contributed by atoms with Gasteiger partial charge < -0.3 is 5.32 Å². The number of benzene rings is 1. The maximum Gasteiger partial charge on any atom is 0.127 e. The summed E-state index contributed by atoms with van der Waals surface area (Å²) in [6, 6.07) is 3.77. The van der Waals surface area contributed by atoms with E-state index in [1.54, 1.807) is 0 Å². The zero-order valence-corrected chi connectivity index (χ0v) is 9.47. The summed E-state index contributed by atoms with van der Waals surface area (Å²) in [4.78, 5) is 0. The number of rotatable bonds is 6. The van der Waals surface area contributed by atoms with Gasteiger partial charge in [-0.25, -0.2) is 8.78 Å². The van der Waals surface area contributed by atoms with Crippen molar-refractivity contribution in [3.8, 4) is 0 Å². The van der Waals surface area contributed by atoms with Gasteiger partial charge in [-0.3, -0.25) is 0 Å². The number of allylic oxidation sites excluding steroid dienone is 1. The third kappa shape index (κ3) is 4.11. The van der Waals surface area contributed by atoms with Gasteiger partial charge in [0.05, 0.1) is 0 Å². The van der Waals surface area contributed by atoms with Crippen molar-refractivity contribution in [2.24, 2.45) is 0 Å². The molecule has 0 saturated heterocycles. The number of hydrogen-bond acceptors (Lipinski definition) is 1. The molecule has 0 bridgehead atoms. The van der Waals surface area contributed by atoms with Crippen molar-refractivity contribution in [1.82, 2.24) is 5.32 Å². The predicted octanol–water partition coefficient (Wildman–Crippen LogP) is 3.41. The average molecular weight is 225 g/mol. The van der Waals surface area contributed by atoms with Crippen LogP contribution in [0.25, 0.3) is 0 Å². The molecule has 0 amide bonds. The molecule has 0 aliphatic carbocycles. The van der Waals surface area contributed by atoms with E-state index in [9.17, 15) is 8.78 Å². The largest absolute Gasteiger partial charge is 0.310 e. The highest BCUT2D eigenvalue weighted by molar-refractivity contribution is 5.18. The standard InChI is InChI=1S/C13H17F2N/c1-3-4-5-10(2)16-9-11-8-12(14)6-7-13(11)15/h3,6-8,10,16H,1,4-5,9H2,2H3. The zero-order valence-electron chi connectivity index (χ0n) is 9.47. The predicted molar refractivity (Wildman–Crippen MR) is 62.1 cm³/mol. The molecule has 1 unspecified atom stereocenters. The summed E-state index contributed by atoms with van der Waals surface area (Å²) in [6.45, 7) is 6.00. The topological polar surface area (TPSA) is 12.0 Å². The highest BCUT2D eigenvalue weighted by atomic mass is 19.1. The molecule has 1 atom stereocenters. The minimum atomic E-state index is -0.406. The third-order valence-corrected chi connectivity index (χ3v) is 2.45. The molecule has 1 N–H and O–H groups in total. The lowest BCUT2D eigenvalue weighted by molar-refractivity contribution is 0.501. The Kier molecular flexibility index (Phi) is 5.12. The second kappa shape index (κ2) is 6.38. The van der Waals surface area contributed by atoms with E-state index in [4.69, 9.17) is 0 Å². The second-order valence-corrected chi connectivity index (χ2v) is 3.88. The van der Waals surface area contributed by atoms with Gasteiger partial charge >= 0.3 is 0 Å². The van der Waals surface area contributed by atoms with E-state index in [-0.39, 0.29) is 11.9 Å². The quantitative estimate of drug-likeness (QED) is 0.731. The highest BCUT2D eigenvalue weighted by Gasteiger charge is 2.05. The Morgan fingerprint density at radius 2 is 2.19 bits per heavy atom. The lowest BCUT2D eigenvalue weighted by Gasteiger charge is -2.13. The molecule has 88 valence electrons. The van der Waals surface area contributed by atoms with Crippen LogP contribution >= 0.6 is 0 Å². The molecule has 1 rings (SSSR count). The van der Waals surface area contributed by atoms with Crippen LogP contribution in [0, 0.1) is 11.6 Å². The molecule has 0 aromatic heterocycles. The molecule has 0 heterocycles. The van der Waals surface area contributed by atoms with E-state index >= 15 is 0 Å². The summed E-state index contributed by atoms with van der Waals surface area (Å²) in [5.41, 5.74) is 0.366. The summed E-state index contributed by atoms with van der Waals surface area (Å²) in [6.07, 6.45) is 3.71. The summed E-state index contributed by atoms with van der Waals surface area (Å²) in [5, 5.41) is 3.15. The van der Waals surface area contributed by atoms with E-state index in [2.05, 4.69) is 11.9 Å². The van der Waals surface area contributed by atoms with Crippen molar-refractivity contribution < 1.29 is 8.78 Å². The summed E-state index contributed by atoms with van der Waals surface area (Å²) in [5.74, 6) is -0.776. The SMILES string of the molecule is C=CCCC(C)NCc1cc(F)ccc1F. The summed E-state index contributed by atoms with van der Waals surface area (Å²) in [7, 11) is 0. The average Bonchev–Trinajstić information content (AvgIpc) is 2.27. The molecule has 0 aliphatic heterocycles. The van der Waals surface area contributed by atoms with Gasteiger partial charge in [0, 0.05) is 18.2 Å². The molecule has 0 saturated carbocycles. The molecule has 16 heavy (non-hydrogen) atoms. The van der Waals surface area contributed by atoms with Crippen LogP contribution in [0.3, 0.4) is 0 Å². The molecule has 1 aromatic rings. The van der Waals surface area contributed by atoms with E-state index in [1.165, 1.54) is 6.07 Å². The van der Waals surface area contributed by atoms with E-state index < -0.39 is 5.82 Å². The Morgan fingerprint density at radius 1 is 1.44 bits per heavy atom. The molecule has 0 spiro atoms. The van der Waals surface area contributed by atoms with Gasteiger partial charge in [-0.1, -0.05) is 6.08 Å². The maximum atomic E-state index is 13.2. The molecule has 0 aliphatic rings. The number of halogens is 2. The highest BCUT2D eigenvalue weighted by Crippen LogP contribution is 2.10. The zero-order chi connectivity index (χ0) is 12.0. The van der Waals surface area contributed by atoms with Gasteiger partial charge in [0.15, 0.2) is 0 Å². The van der Waals surface area contributed by atoms with Crippen molar-refractivity contribution in [3.05, 3.63) is 48.1 Å². The molecule has 0 radical (unpaired) electrons. The van der Waals surface area contributed by atoms with Gasteiger partial charge in [0.2, 0.25) is 0 Å². The monoisotopic (exact) mass is 225 g/mol. The Balaban J connectivity index is 2.47. The van der Waals surface area contributed by atoms with Crippen LogP contribution in [0.1, 0.15) is 25.3 Å². The first-order chi connectivity index (χ1) is 7.63. The van der Waals surface area contributed by atoms with Crippen molar-refractivity contribution in [1.29, 1.82) is 0 Å². The van der Waals surface area contributed by atoms with E-state index in [1.807, 2.05) is 13.0 Å². The van der Waals surface area contributed by atoms with Crippen molar-refractivity contribution in [3.63, 3.8) is 0 Å². The first kappa shape index (κ1) is 12.8. The minimum Gasteiger partial charge on any atom is -0.310 e. The second-order valence-electron chi connectivity index (χ2n) is 3.88. The van der Waals surface area contributed by atoms with Crippen molar-refractivity contribution in [2.45, 2.75) is 32.4 Å². The molecule has 1 nitrogen and oxygen atoms in total. The summed E-state index contributed by atoms with van der Waals surface area (Å²) >= 11 is 0. The normalized spacial score (nSPS) is 12.4. The Hall–Kier alpha value is -1.22. The smallest absolute Gasteiger partial charge is 0.127 e. The molecular weight excluding hydrogens is 208 g/mol. The number of hydrogen-bond donors (Lipinski definition) is 1. The molecule has 1 aromatic carbocycles. The Morgan fingerprint density at radius 3 is 2.88 bits per heavy atom. The van der Waals surface area contributed by atoms with Crippen LogP contribution in [0.4, 0.5) is 8.78 Å². The van der Waals surface area contributed by atoms with E-state index in [0.29, 0.717) is 12.1 Å². The van der Waals surface area contributed by atoms with E-state index in [0.717, 1.165) is 25.0 Å². The lowest BCUT2D eigenvalue weighted by atomic mass is 10.1.